The maximum Gasteiger partial charge on any atom is 0.242 e. The van der Waals surface area contributed by atoms with Crippen molar-refractivity contribution in [1.29, 1.82) is 5.26 Å². The third kappa shape index (κ3) is 2.52. The molecule has 0 radical (unpaired) electrons. The standard InChI is InChI=1S/C12H10FN5O/c1-19-12-10(15)11(16-6-17-12)18-9-3-2-7(5-14)4-8(9)13/h2-4,6H,15H2,1H3,(H,16,17,18). The Kier molecular flexibility index (Phi) is 3.43. The average molecular weight is 259 g/mol. The van der Waals surface area contributed by atoms with Crippen molar-refractivity contribution in [2.75, 3.05) is 18.2 Å². The van der Waals surface area contributed by atoms with Gasteiger partial charge in [-0.1, -0.05) is 0 Å². The van der Waals surface area contributed by atoms with Crippen LogP contribution in [0.2, 0.25) is 0 Å². The quantitative estimate of drug-likeness (QED) is 0.872. The number of anilines is 3. The summed E-state index contributed by atoms with van der Waals surface area (Å²) >= 11 is 0. The molecule has 2 aromatic rings. The van der Waals surface area contributed by atoms with E-state index in [0.717, 1.165) is 6.07 Å². The minimum atomic E-state index is -0.573. The van der Waals surface area contributed by atoms with E-state index >= 15 is 0 Å². The molecule has 96 valence electrons. The van der Waals surface area contributed by atoms with Crippen molar-refractivity contribution in [2.45, 2.75) is 0 Å². The number of nitrogens with one attached hydrogen (secondary N) is 1. The molecule has 0 atom stereocenters. The largest absolute Gasteiger partial charge is 0.479 e. The summed E-state index contributed by atoms with van der Waals surface area (Å²) in [6, 6.07) is 5.89. The lowest BCUT2D eigenvalue weighted by Gasteiger charge is -2.10. The van der Waals surface area contributed by atoms with Crippen LogP contribution >= 0.6 is 0 Å². The second-order valence-electron chi connectivity index (χ2n) is 3.58. The fraction of sp³-hybridized carbons (Fsp3) is 0.0833. The Balaban J connectivity index is 2.34. The molecule has 1 heterocycles. The molecule has 0 bridgehead atoms. The van der Waals surface area contributed by atoms with Gasteiger partial charge in [0.05, 0.1) is 24.4 Å². The molecule has 1 aromatic heterocycles. The van der Waals surface area contributed by atoms with E-state index in [4.69, 9.17) is 15.7 Å². The Morgan fingerprint density at radius 3 is 2.84 bits per heavy atom. The molecule has 3 N–H and O–H groups in total. The second kappa shape index (κ2) is 5.18. The SMILES string of the molecule is COc1ncnc(Nc2ccc(C#N)cc2F)c1N. The first-order chi connectivity index (χ1) is 9.15. The van der Waals surface area contributed by atoms with Crippen LogP contribution in [-0.2, 0) is 0 Å². The monoisotopic (exact) mass is 259 g/mol. The van der Waals surface area contributed by atoms with E-state index < -0.39 is 5.82 Å². The lowest BCUT2D eigenvalue weighted by molar-refractivity contribution is 0.399. The first kappa shape index (κ1) is 12.6. The van der Waals surface area contributed by atoms with E-state index in [1.807, 2.05) is 6.07 Å². The number of nitrogens with two attached hydrogens (primary N) is 1. The predicted octanol–water partition coefficient (Wildman–Crippen LogP) is 1.82. The Morgan fingerprint density at radius 1 is 1.42 bits per heavy atom. The van der Waals surface area contributed by atoms with Crippen LogP contribution in [0.25, 0.3) is 0 Å². The molecule has 0 saturated carbocycles. The van der Waals surface area contributed by atoms with Gasteiger partial charge >= 0.3 is 0 Å². The van der Waals surface area contributed by atoms with Crippen molar-refractivity contribution in [3.8, 4) is 11.9 Å². The van der Waals surface area contributed by atoms with E-state index in [2.05, 4.69) is 15.3 Å². The maximum absolute atomic E-state index is 13.7. The summed E-state index contributed by atoms with van der Waals surface area (Å²) in [5.74, 6) is -0.141. The van der Waals surface area contributed by atoms with Gasteiger partial charge in [0.15, 0.2) is 5.82 Å². The zero-order valence-electron chi connectivity index (χ0n) is 10.0. The molecule has 0 aliphatic carbocycles. The van der Waals surface area contributed by atoms with Crippen LogP contribution in [0.3, 0.4) is 0 Å². The third-order valence-electron chi connectivity index (χ3n) is 2.39. The second-order valence-corrected chi connectivity index (χ2v) is 3.58. The van der Waals surface area contributed by atoms with Gasteiger partial charge < -0.3 is 15.8 Å². The average Bonchev–Trinajstić information content (AvgIpc) is 2.43. The van der Waals surface area contributed by atoms with Gasteiger partial charge in [0.2, 0.25) is 5.88 Å². The number of nitriles is 1. The number of hydrogen-bond donors (Lipinski definition) is 2. The Labute approximate surface area is 108 Å². The van der Waals surface area contributed by atoms with Crippen molar-refractivity contribution < 1.29 is 9.13 Å². The normalized spacial score (nSPS) is 9.74. The summed E-state index contributed by atoms with van der Waals surface area (Å²) in [5, 5.41) is 11.4. The van der Waals surface area contributed by atoms with Crippen molar-refractivity contribution >= 4 is 17.2 Å². The minimum absolute atomic E-state index is 0.159. The maximum atomic E-state index is 13.7. The van der Waals surface area contributed by atoms with Crippen LogP contribution in [0.4, 0.5) is 21.6 Å². The molecule has 2 rings (SSSR count). The van der Waals surface area contributed by atoms with E-state index in [1.54, 1.807) is 0 Å². The summed E-state index contributed by atoms with van der Waals surface area (Å²) in [7, 11) is 1.42. The number of ether oxygens (including phenoxy) is 1. The molecule has 0 unspecified atom stereocenters. The number of halogens is 1. The highest BCUT2D eigenvalue weighted by Crippen LogP contribution is 2.28. The number of rotatable bonds is 3. The molecule has 0 amide bonds. The number of aromatic nitrogens is 2. The van der Waals surface area contributed by atoms with Gasteiger partial charge in [-0.3, -0.25) is 0 Å². The lowest BCUT2D eigenvalue weighted by atomic mass is 10.2. The van der Waals surface area contributed by atoms with Gasteiger partial charge in [0.25, 0.3) is 0 Å². The van der Waals surface area contributed by atoms with Crippen molar-refractivity contribution in [2.24, 2.45) is 0 Å². The number of nitrogens with zero attached hydrogens (tertiary/aromatic N) is 3. The molecule has 7 heteroatoms. The molecule has 0 saturated heterocycles. The predicted molar refractivity (Wildman–Crippen MR) is 67.4 cm³/mol. The van der Waals surface area contributed by atoms with Crippen molar-refractivity contribution in [3.05, 3.63) is 35.9 Å². The van der Waals surface area contributed by atoms with Crippen molar-refractivity contribution in [1.82, 2.24) is 9.97 Å². The molecule has 0 aliphatic heterocycles. The van der Waals surface area contributed by atoms with Gasteiger partial charge in [-0.2, -0.15) is 10.2 Å². The fourth-order valence-electron chi connectivity index (χ4n) is 1.46. The zero-order chi connectivity index (χ0) is 13.8. The van der Waals surface area contributed by atoms with E-state index in [-0.39, 0.29) is 28.6 Å². The lowest BCUT2D eigenvalue weighted by Crippen LogP contribution is -2.04. The highest BCUT2D eigenvalue weighted by Gasteiger charge is 2.10. The van der Waals surface area contributed by atoms with Gasteiger partial charge in [0, 0.05) is 0 Å². The smallest absolute Gasteiger partial charge is 0.242 e. The van der Waals surface area contributed by atoms with Gasteiger partial charge in [-0.15, -0.1) is 0 Å². The van der Waals surface area contributed by atoms with Crippen molar-refractivity contribution in [3.63, 3.8) is 0 Å². The van der Waals surface area contributed by atoms with E-state index in [1.165, 1.54) is 25.6 Å². The molecule has 19 heavy (non-hydrogen) atoms. The molecule has 0 spiro atoms. The number of benzene rings is 1. The van der Waals surface area contributed by atoms with Crippen LogP contribution in [0.1, 0.15) is 5.56 Å². The Bertz CT molecular complexity index is 653. The van der Waals surface area contributed by atoms with Crippen LogP contribution in [0, 0.1) is 17.1 Å². The Morgan fingerprint density at radius 2 is 2.21 bits per heavy atom. The zero-order valence-corrected chi connectivity index (χ0v) is 10.0. The van der Waals surface area contributed by atoms with Gasteiger partial charge in [-0.05, 0) is 18.2 Å². The molecule has 0 aliphatic rings. The van der Waals surface area contributed by atoms with Gasteiger partial charge in [-0.25, -0.2) is 9.37 Å². The summed E-state index contributed by atoms with van der Waals surface area (Å²) < 4.78 is 18.6. The first-order valence-electron chi connectivity index (χ1n) is 5.27. The molecule has 1 aromatic carbocycles. The van der Waals surface area contributed by atoms with E-state index in [9.17, 15) is 4.39 Å². The Hall–Kier alpha value is -2.88. The third-order valence-corrected chi connectivity index (χ3v) is 2.39. The summed E-state index contributed by atoms with van der Waals surface area (Å²) in [6.45, 7) is 0. The topological polar surface area (TPSA) is 96.9 Å². The highest BCUT2D eigenvalue weighted by atomic mass is 19.1. The molecular formula is C12H10FN5O. The van der Waals surface area contributed by atoms with Crippen LogP contribution < -0.4 is 15.8 Å². The summed E-state index contributed by atoms with van der Waals surface area (Å²) in [5.41, 5.74) is 6.33. The molecule has 0 fully saturated rings. The first-order valence-corrected chi connectivity index (χ1v) is 5.27. The van der Waals surface area contributed by atoms with Crippen LogP contribution in [0.5, 0.6) is 5.88 Å². The fourth-order valence-corrected chi connectivity index (χ4v) is 1.46. The van der Waals surface area contributed by atoms with Gasteiger partial charge in [0.1, 0.15) is 17.8 Å². The van der Waals surface area contributed by atoms with Crippen LogP contribution in [-0.4, -0.2) is 17.1 Å². The summed E-state index contributed by atoms with van der Waals surface area (Å²) in [6.07, 6.45) is 1.25. The number of methoxy groups -OCH3 is 1. The number of hydrogen-bond acceptors (Lipinski definition) is 6. The highest BCUT2D eigenvalue weighted by molar-refractivity contribution is 5.72. The molecule has 6 nitrogen and oxygen atoms in total. The van der Waals surface area contributed by atoms with Crippen LogP contribution in [0.15, 0.2) is 24.5 Å². The molecular weight excluding hydrogens is 249 g/mol. The number of nitrogen functional groups attached to an aromatic ring is 1. The van der Waals surface area contributed by atoms with E-state index in [0.29, 0.717) is 0 Å². The summed E-state index contributed by atoms with van der Waals surface area (Å²) in [4.78, 5) is 7.72. The minimum Gasteiger partial charge on any atom is -0.479 e.